The second kappa shape index (κ2) is 5.46. The number of nitriles is 1. The third kappa shape index (κ3) is 3.05. The molecule has 88 valence electrons. The third-order valence-corrected chi connectivity index (χ3v) is 2.95. The normalized spacial score (nSPS) is 18.6. The van der Waals surface area contributed by atoms with E-state index < -0.39 is 0 Å². The van der Waals surface area contributed by atoms with Crippen molar-refractivity contribution in [1.29, 1.82) is 5.26 Å². The van der Waals surface area contributed by atoms with Gasteiger partial charge < -0.3 is 10.6 Å². The molecule has 0 saturated carbocycles. The molecule has 1 atom stereocenters. The maximum absolute atomic E-state index is 11.8. The highest BCUT2D eigenvalue weighted by molar-refractivity contribution is 5.79. The van der Waals surface area contributed by atoms with Gasteiger partial charge in [-0.25, -0.2) is 0 Å². The summed E-state index contributed by atoms with van der Waals surface area (Å²) in [6.07, 6.45) is 0.907. The van der Waals surface area contributed by atoms with Crippen molar-refractivity contribution in [1.82, 2.24) is 10.6 Å². The Morgan fingerprint density at radius 3 is 3.18 bits per heavy atom. The lowest BCUT2D eigenvalue weighted by atomic mass is 10.1. The molecule has 1 aliphatic heterocycles. The van der Waals surface area contributed by atoms with Gasteiger partial charge in [0.15, 0.2) is 0 Å². The molecule has 1 fully saturated rings. The standard InChI is InChI=1S/C13H15N3O/c14-7-10-2-1-3-11(6-10)8-16-13(17)12-4-5-15-9-12/h1-3,6,12,15H,4-5,8-9H2,(H,16,17). The van der Waals surface area contributed by atoms with Crippen LogP contribution < -0.4 is 10.6 Å². The molecular weight excluding hydrogens is 214 g/mol. The van der Waals surface area contributed by atoms with Crippen molar-refractivity contribution in [3.8, 4) is 6.07 Å². The van der Waals surface area contributed by atoms with E-state index in [1.807, 2.05) is 12.1 Å². The predicted octanol–water partition coefficient (Wildman–Crippen LogP) is 0.784. The molecule has 4 nitrogen and oxygen atoms in total. The van der Waals surface area contributed by atoms with Gasteiger partial charge in [-0.1, -0.05) is 12.1 Å². The zero-order chi connectivity index (χ0) is 12.1. The summed E-state index contributed by atoms with van der Waals surface area (Å²) in [5.41, 5.74) is 1.59. The Morgan fingerprint density at radius 1 is 1.59 bits per heavy atom. The SMILES string of the molecule is N#Cc1cccc(CNC(=O)C2CCNC2)c1. The minimum atomic E-state index is 0.0918. The number of nitrogens with one attached hydrogen (secondary N) is 2. The van der Waals surface area contributed by atoms with Crippen molar-refractivity contribution in [2.24, 2.45) is 5.92 Å². The van der Waals surface area contributed by atoms with E-state index in [4.69, 9.17) is 5.26 Å². The summed E-state index contributed by atoms with van der Waals surface area (Å²) in [6.45, 7) is 2.18. The lowest BCUT2D eigenvalue weighted by Gasteiger charge is -2.09. The maximum Gasteiger partial charge on any atom is 0.224 e. The Balaban J connectivity index is 1.88. The topological polar surface area (TPSA) is 64.9 Å². The Kier molecular flexibility index (Phi) is 3.73. The summed E-state index contributed by atoms with van der Waals surface area (Å²) < 4.78 is 0. The van der Waals surface area contributed by atoms with Gasteiger partial charge in [-0.2, -0.15) is 5.26 Å². The molecule has 0 spiro atoms. The van der Waals surface area contributed by atoms with E-state index in [0.29, 0.717) is 12.1 Å². The quantitative estimate of drug-likeness (QED) is 0.805. The molecule has 0 radical (unpaired) electrons. The number of rotatable bonds is 3. The Labute approximate surface area is 101 Å². The molecular formula is C13H15N3O. The summed E-state index contributed by atoms with van der Waals surface area (Å²) in [5, 5.41) is 14.8. The minimum absolute atomic E-state index is 0.0918. The molecule has 2 rings (SSSR count). The molecule has 1 heterocycles. The molecule has 0 aliphatic carbocycles. The van der Waals surface area contributed by atoms with Crippen LogP contribution in [0.1, 0.15) is 17.5 Å². The molecule has 1 unspecified atom stereocenters. The van der Waals surface area contributed by atoms with Gasteiger partial charge in [0.2, 0.25) is 5.91 Å². The van der Waals surface area contributed by atoms with Crippen LogP contribution in [0.4, 0.5) is 0 Å². The van der Waals surface area contributed by atoms with Crippen LogP contribution in [-0.2, 0) is 11.3 Å². The third-order valence-electron chi connectivity index (χ3n) is 2.95. The summed E-state index contributed by atoms with van der Waals surface area (Å²) in [6, 6.07) is 9.38. The van der Waals surface area contributed by atoms with Crippen LogP contribution in [0.5, 0.6) is 0 Å². The van der Waals surface area contributed by atoms with E-state index in [0.717, 1.165) is 25.1 Å². The number of amides is 1. The Morgan fingerprint density at radius 2 is 2.47 bits per heavy atom. The largest absolute Gasteiger partial charge is 0.352 e. The van der Waals surface area contributed by atoms with E-state index in [9.17, 15) is 4.79 Å². The first-order valence-electron chi connectivity index (χ1n) is 5.77. The average molecular weight is 229 g/mol. The first kappa shape index (κ1) is 11.6. The van der Waals surface area contributed by atoms with Gasteiger partial charge in [0.1, 0.15) is 0 Å². The summed E-state index contributed by atoms with van der Waals surface area (Å²) in [4.78, 5) is 11.8. The molecule has 0 aromatic heterocycles. The van der Waals surface area contributed by atoms with Crippen molar-refractivity contribution in [3.05, 3.63) is 35.4 Å². The fourth-order valence-electron chi connectivity index (χ4n) is 1.96. The highest BCUT2D eigenvalue weighted by Crippen LogP contribution is 2.08. The van der Waals surface area contributed by atoms with Crippen LogP contribution in [-0.4, -0.2) is 19.0 Å². The van der Waals surface area contributed by atoms with Crippen LogP contribution in [0.2, 0.25) is 0 Å². The Bertz CT molecular complexity index is 444. The molecule has 2 N–H and O–H groups in total. The van der Waals surface area contributed by atoms with Gasteiger partial charge in [-0.15, -0.1) is 0 Å². The molecule has 1 aliphatic rings. The zero-order valence-electron chi connectivity index (χ0n) is 9.57. The maximum atomic E-state index is 11.8. The number of carbonyl (C=O) groups excluding carboxylic acids is 1. The van der Waals surface area contributed by atoms with Gasteiger partial charge in [-0.3, -0.25) is 4.79 Å². The van der Waals surface area contributed by atoms with Gasteiger partial charge in [0.05, 0.1) is 17.6 Å². The summed E-state index contributed by atoms with van der Waals surface area (Å²) >= 11 is 0. The van der Waals surface area contributed by atoms with E-state index in [2.05, 4.69) is 16.7 Å². The molecule has 1 aromatic carbocycles. The summed E-state index contributed by atoms with van der Waals surface area (Å²) in [7, 11) is 0. The Hall–Kier alpha value is -1.86. The first-order chi connectivity index (χ1) is 8.29. The molecule has 1 saturated heterocycles. The van der Waals surface area contributed by atoms with Crippen LogP contribution in [0.3, 0.4) is 0 Å². The lowest BCUT2D eigenvalue weighted by Crippen LogP contribution is -2.31. The van der Waals surface area contributed by atoms with E-state index in [-0.39, 0.29) is 11.8 Å². The molecule has 0 bridgehead atoms. The fraction of sp³-hybridized carbons (Fsp3) is 0.385. The van der Waals surface area contributed by atoms with Gasteiger partial charge in [0.25, 0.3) is 0 Å². The number of benzene rings is 1. The van der Waals surface area contributed by atoms with Crippen molar-refractivity contribution >= 4 is 5.91 Å². The van der Waals surface area contributed by atoms with Gasteiger partial charge in [0, 0.05) is 13.1 Å². The van der Waals surface area contributed by atoms with E-state index >= 15 is 0 Å². The summed E-state index contributed by atoms with van der Waals surface area (Å²) in [5.74, 6) is 0.187. The number of nitrogens with zero attached hydrogens (tertiary/aromatic N) is 1. The van der Waals surface area contributed by atoms with Crippen LogP contribution >= 0.6 is 0 Å². The van der Waals surface area contributed by atoms with Crippen LogP contribution in [0.15, 0.2) is 24.3 Å². The monoisotopic (exact) mass is 229 g/mol. The highest BCUT2D eigenvalue weighted by atomic mass is 16.1. The fourth-order valence-corrected chi connectivity index (χ4v) is 1.96. The van der Waals surface area contributed by atoms with Gasteiger partial charge >= 0.3 is 0 Å². The minimum Gasteiger partial charge on any atom is -0.352 e. The van der Waals surface area contributed by atoms with Gasteiger partial charge in [-0.05, 0) is 30.7 Å². The van der Waals surface area contributed by atoms with E-state index in [1.165, 1.54) is 0 Å². The van der Waals surface area contributed by atoms with Crippen molar-refractivity contribution < 1.29 is 4.79 Å². The van der Waals surface area contributed by atoms with E-state index in [1.54, 1.807) is 12.1 Å². The van der Waals surface area contributed by atoms with Crippen molar-refractivity contribution in [3.63, 3.8) is 0 Å². The number of hydrogen-bond donors (Lipinski definition) is 2. The first-order valence-corrected chi connectivity index (χ1v) is 5.77. The molecule has 1 amide bonds. The molecule has 17 heavy (non-hydrogen) atoms. The number of carbonyl (C=O) groups is 1. The second-order valence-corrected chi connectivity index (χ2v) is 4.22. The van der Waals surface area contributed by atoms with Crippen molar-refractivity contribution in [2.45, 2.75) is 13.0 Å². The van der Waals surface area contributed by atoms with Crippen LogP contribution in [0.25, 0.3) is 0 Å². The predicted molar refractivity (Wildman–Crippen MR) is 64.0 cm³/mol. The zero-order valence-corrected chi connectivity index (χ0v) is 9.57. The second-order valence-electron chi connectivity index (χ2n) is 4.22. The van der Waals surface area contributed by atoms with Crippen molar-refractivity contribution in [2.75, 3.05) is 13.1 Å². The average Bonchev–Trinajstić information content (AvgIpc) is 2.90. The molecule has 1 aromatic rings. The smallest absolute Gasteiger partial charge is 0.224 e. The number of hydrogen-bond acceptors (Lipinski definition) is 3. The highest BCUT2D eigenvalue weighted by Gasteiger charge is 2.21. The molecule has 4 heteroatoms. The lowest BCUT2D eigenvalue weighted by molar-refractivity contribution is -0.124. The van der Waals surface area contributed by atoms with Crippen LogP contribution in [0, 0.1) is 17.2 Å².